The van der Waals surface area contributed by atoms with Gasteiger partial charge in [0.15, 0.2) is 11.5 Å². The van der Waals surface area contributed by atoms with E-state index in [4.69, 9.17) is 9.47 Å². The number of rotatable bonds is 7. The Balaban J connectivity index is 2.13. The molecule has 2 aromatic carbocycles. The second kappa shape index (κ2) is 9.23. The molecule has 2 rings (SSSR count). The summed E-state index contributed by atoms with van der Waals surface area (Å²) in [6, 6.07) is 9.41. The topological polar surface area (TPSA) is 109 Å². The van der Waals surface area contributed by atoms with Gasteiger partial charge in [-0.2, -0.15) is 5.10 Å². The smallest absolute Gasteiger partial charge is 0.275 e. The Morgan fingerprint density at radius 2 is 1.96 bits per heavy atom. The summed E-state index contributed by atoms with van der Waals surface area (Å²) in [5.41, 5.74) is 3.87. The Kier molecular flexibility index (Phi) is 6.76. The van der Waals surface area contributed by atoms with Crippen molar-refractivity contribution in [1.82, 2.24) is 5.43 Å². The van der Waals surface area contributed by atoms with E-state index < -0.39 is 5.91 Å². The minimum absolute atomic E-state index is 0.0132. The van der Waals surface area contributed by atoms with Crippen molar-refractivity contribution in [2.45, 2.75) is 13.8 Å². The van der Waals surface area contributed by atoms with Gasteiger partial charge in [-0.15, -0.1) is 0 Å². The van der Waals surface area contributed by atoms with Crippen molar-refractivity contribution in [3.63, 3.8) is 0 Å². The maximum atomic E-state index is 12.4. The van der Waals surface area contributed by atoms with Gasteiger partial charge in [-0.3, -0.25) is 9.59 Å². The van der Waals surface area contributed by atoms with Crippen LogP contribution < -0.4 is 20.2 Å². The number of phenolic OH excluding ortho intramolecular Hbond substituents is 1. The van der Waals surface area contributed by atoms with Gasteiger partial charge in [0.25, 0.3) is 5.91 Å². The van der Waals surface area contributed by atoms with Crippen LogP contribution in [0.4, 0.5) is 5.69 Å². The van der Waals surface area contributed by atoms with Crippen molar-refractivity contribution in [2.24, 2.45) is 5.10 Å². The lowest BCUT2D eigenvalue weighted by Crippen LogP contribution is -2.19. The van der Waals surface area contributed by atoms with Crippen LogP contribution >= 0.6 is 0 Å². The molecule has 0 heterocycles. The third-order valence-corrected chi connectivity index (χ3v) is 3.43. The number of aromatic hydroxyl groups is 1. The molecule has 0 aliphatic heterocycles. The van der Waals surface area contributed by atoms with Crippen LogP contribution in [-0.4, -0.2) is 36.9 Å². The molecule has 0 fully saturated rings. The molecule has 0 atom stereocenters. The molecule has 3 N–H and O–H groups in total. The van der Waals surface area contributed by atoms with Gasteiger partial charge < -0.3 is 19.9 Å². The summed E-state index contributed by atoms with van der Waals surface area (Å²) in [6.45, 7) is 3.55. The Morgan fingerprint density at radius 1 is 1.19 bits per heavy atom. The summed E-state index contributed by atoms with van der Waals surface area (Å²) < 4.78 is 10.5. The standard InChI is InChI=1S/C19H21N3O5/c1-4-27-17-10-14(21-12(2)23)6-7-15(17)19(25)22-20-11-13-5-8-16(24)18(9-13)26-3/h5-11,24H,4H2,1-3H3,(H,21,23)(H,22,25)/b20-11+. The highest BCUT2D eigenvalue weighted by molar-refractivity contribution is 5.98. The van der Waals surface area contributed by atoms with Crippen molar-refractivity contribution < 1.29 is 24.2 Å². The van der Waals surface area contributed by atoms with E-state index in [0.29, 0.717) is 29.4 Å². The summed E-state index contributed by atoms with van der Waals surface area (Å²) in [4.78, 5) is 23.6. The number of methoxy groups -OCH3 is 1. The Morgan fingerprint density at radius 3 is 2.63 bits per heavy atom. The molecule has 0 radical (unpaired) electrons. The van der Waals surface area contributed by atoms with E-state index in [1.54, 1.807) is 37.3 Å². The lowest BCUT2D eigenvalue weighted by Gasteiger charge is -2.11. The maximum absolute atomic E-state index is 12.4. The summed E-state index contributed by atoms with van der Waals surface area (Å²) in [7, 11) is 1.44. The molecule has 2 aromatic rings. The molecule has 0 aliphatic carbocycles. The highest BCUT2D eigenvalue weighted by atomic mass is 16.5. The molecule has 0 spiro atoms. The van der Waals surface area contributed by atoms with Crippen LogP contribution in [0, 0.1) is 0 Å². The lowest BCUT2D eigenvalue weighted by atomic mass is 10.1. The summed E-state index contributed by atoms with van der Waals surface area (Å²) in [6.07, 6.45) is 1.42. The van der Waals surface area contributed by atoms with Crippen LogP contribution in [-0.2, 0) is 4.79 Å². The van der Waals surface area contributed by atoms with Crippen molar-refractivity contribution in [2.75, 3.05) is 19.0 Å². The average molecular weight is 371 g/mol. The maximum Gasteiger partial charge on any atom is 0.275 e. The lowest BCUT2D eigenvalue weighted by molar-refractivity contribution is -0.114. The summed E-state index contributed by atoms with van der Waals surface area (Å²) in [5.74, 6) is -0.0297. The number of hydrogen-bond acceptors (Lipinski definition) is 6. The quantitative estimate of drug-likeness (QED) is 0.512. The number of hydrazone groups is 1. The minimum atomic E-state index is -0.463. The number of nitrogens with zero attached hydrogens (tertiary/aromatic N) is 1. The molecule has 142 valence electrons. The number of carbonyl (C=O) groups is 2. The van der Waals surface area contributed by atoms with E-state index in [1.165, 1.54) is 26.3 Å². The molecular weight excluding hydrogens is 350 g/mol. The van der Waals surface area contributed by atoms with E-state index >= 15 is 0 Å². The van der Waals surface area contributed by atoms with Crippen molar-refractivity contribution in [1.29, 1.82) is 0 Å². The molecular formula is C19H21N3O5. The largest absolute Gasteiger partial charge is 0.504 e. The van der Waals surface area contributed by atoms with Crippen LogP contribution in [0.15, 0.2) is 41.5 Å². The van der Waals surface area contributed by atoms with Crippen LogP contribution in [0.3, 0.4) is 0 Å². The molecule has 0 bridgehead atoms. The number of ether oxygens (including phenoxy) is 2. The molecule has 0 unspecified atom stereocenters. The number of benzene rings is 2. The molecule has 8 heteroatoms. The molecule has 2 amide bonds. The van der Waals surface area contributed by atoms with Crippen molar-refractivity contribution in [3.05, 3.63) is 47.5 Å². The monoisotopic (exact) mass is 371 g/mol. The first-order valence-corrected chi connectivity index (χ1v) is 8.19. The Labute approximate surface area is 156 Å². The number of hydrogen-bond donors (Lipinski definition) is 3. The van der Waals surface area contributed by atoms with Gasteiger partial charge in [0.1, 0.15) is 5.75 Å². The Hall–Kier alpha value is -3.55. The second-order valence-electron chi connectivity index (χ2n) is 5.46. The highest BCUT2D eigenvalue weighted by Crippen LogP contribution is 2.26. The second-order valence-corrected chi connectivity index (χ2v) is 5.46. The minimum Gasteiger partial charge on any atom is -0.504 e. The zero-order valence-corrected chi connectivity index (χ0v) is 15.3. The van der Waals surface area contributed by atoms with Gasteiger partial charge in [0.05, 0.1) is 25.5 Å². The normalized spacial score (nSPS) is 10.5. The van der Waals surface area contributed by atoms with E-state index in [2.05, 4.69) is 15.8 Å². The number of nitrogens with one attached hydrogen (secondary N) is 2. The van der Waals surface area contributed by atoms with Crippen LogP contribution in [0.1, 0.15) is 29.8 Å². The van der Waals surface area contributed by atoms with Crippen LogP contribution in [0.5, 0.6) is 17.2 Å². The molecule has 0 aromatic heterocycles. The van der Waals surface area contributed by atoms with E-state index in [-0.39, 0.29) is 17.2 Å². The third kappa shape index (κ3) is 5.46. The number of amides is 2. The predicted octanol–water partition coefficient (Wildman–Crippen LogP) is 2.52. The number of carbonyl (C=O) groups excluding carboxylic acids is 2. The van der Waals surface area contributed by atoms with Crippen LogP contribution in [0.25, 0.3) is 0 Å². The molecule has 0 saturated carbocycles. The van der Waals surface area contributed by atoms with Crippen molar-refractivity contribution >= 4 is 23.7 Å². The van der Waals surface area contributed by atoms with Gasteiger partial charge in [-0.1, -0.05) is 0 Å². The molecule has 27 heavy (non-hydrogen) atoms. The van der Waals surface area contributed by atoms with Gasteiger partial charge in [-0.05, 0) is 42.8 Å². The average Bonchev–Trinajstić information content (AvgIpc) is 2.63. The molecule has 8 nitrogen and oxygen atoms in total. The fourth-order valence-corrected chi connectivity index (χ4v) is 2.27. The third-order valence-electron chi connectivity index (χ3n) is 3.43. The van der Waals surface area contributed by atoms with Gasteiger partial charge in [0.2, 0.25) is 5.91 Å². The fraction of sp³-hybridized carbons (Fsp3) is 0.211. The predicted molar refractivity (Wildman–Crippen MR) is 102 cm³/mol. The SMILES string of the molecule is CCOc1cc(NC(C)=O)ccc1C(=O)N/N=C/c1ccc(O)c(OC)c1. The molecule has 0 saturated heterocycles. The Bertz CT molecular complexity index is 864. The summed E-state index contributed by atoms with van der Waals surface area (Å²) >= 11 is 0. The first-order valence-electron chi connectivity index (χ1n) is 8.19. The highest BCUT2D eigenvalue weighted by Gasteiger charge is 2.13. The van der Waals surface area contributed by atoms with Crippen LogP contribution in [0.2, 0.25) is 0 Å². The zero-order valence-electron chi connectivity index (χ0n) is 15.3. The zero-order chi connectivity index (χ0) is 19.8. The first kappa shape index (κ1) is 19.8. The van der Waals surface area contributed by atoms with Crippen molar-refractivity contribution in [3.8, 4) is 17.2 Å². The number of anilines is 1. The first-order chi connectivity index (χ1) is 12.9. The number of phenols is 1. The van der Waals surface area contributed by atoms with Gasteiger partial charge >= 0.3 is 0 Å². The van der Waals surface area contributed by atoms with E-state index in [9.17, 15) is 14.7 Å². The fourth-order valence-electron chi connectivity index (χ4n) is 2.27. The van der Waals surface area contributed by atoms with Gasteiger partial charge in [-0.25, -0.2) is 5.43 Å². The molecule has 0 aliphatic rings. The van der Waals surface area contributed by atoms with E-state index in [0.717, 1.165) is 0 Å². The van der Waals surface area contributed by atoms with E-state index in [1.807, 2.05) is 0 Å². The van der Waals surface area contributed by atoms with Gasteiger partial charge in [0, 0.05) is 18.7 Å². The summed E-state index contributed by atoms with van der Waals surface area (Å²) in [5, 5.41) is 16.1.